The molecule has 0 heteroatoms. The lowest BCUT2D eigenvalue weighted by Gasteiger charge is -2.12. The second-order valence-electron chi connectivity index (χ2n) is 12.0. The predicted octanol–water partition coefficient (Wildman–Crippen LogP) is 11.5. The fourth-order valence-corrected chi connectivity index (χ4v) is 7.52. The molecule has 0 radical (unpaired) electrons. The van der Waals surface area contributed by atoms with Crippen molar-refractivity contribution in [3.8, 4) is 0 Å². The number of hydrogen-bond donors (Lipinski definition) is 0. The molecule has 0 aliphatic carbocycles. The molecule has 0 saturated carbocycles. The Morgan fingerprint density at radius 2 is 0.150 bits per heavy atom. The van der Waals surface area contributed by atoms with Crippen LogP contribution in [0.4, 0.5) is 0 Å². The van der Waals surface area contributed by atoms with Crippen LogP contribution in [-0.2, 0) is 0 Å². The van der Waals surface area contributed by atoms with Gasteiger partial charge in [-0.05, 0) is 229 Å². The van der Waals surface area contributed by atoms with Crippen molar-refractivity contribution in [3.05, 3.63) is 121 Å². The van der Waals surface area contributed by atoms with Crippen LogP contribution in [0.25, 0.3) is 108 Å². The summed E-state index contributed by atoms with van der Waals surface area (Å²) in [5.74, 6) is 0. The highest BCUT2D eigenvalue weighted by atomic mass is 14.1. The highest BCUT2D eigenvalue weighted by Gasteiger charge is 2.10. The maximum absolute atomic E-state index is 2.37. The normalized spacial score (nSPS) is 13.0. The summed E-state index contributed by atoms with van der Waals surface area (Å²) in [5, 5.41) is 25.9. The zero-order chi connectivity index (χ0) is 25.7. The van der Waals surface area contributed by atoms with Crippen molar-refractivity contribution in [2.24, 2.45) is 0 Å². The third-order valence-electron chi connectivity index (χ3n) is 9.55. The van der Waals surface area contributed by atoms with Crippen molar-refractivity contribution >= 4 is 108 Å². The minimum absolute atomic E-state index is 1.29. The molecule has 0 bridgehead atoms. The monoisotopic (exact) mass is 500 g/mol. The molecule has 0 amide bonds. The zero-order valence-corrected chi connectivity index (χ0v) is 21.5. The average molecular weight is 501 g/mol. The van der Waals surface area contributed by atoms with Crippen LogP contribution in [0, 0.1) is 0 Å². The second-order valence-corrected chi connectivity index (χ2v) is 12.0. The summed E-state index contributed by atoms with van der Waals surface area (Å²) in [6, 6.07) is 47.4. The SMILES string of the molecule is c1c2cc3cc4cc5cc6cc7cc8cc9cc%10cc1c1cc2cc3cc4cc5cc6cc7cc8cc9cc%10c1. The van der Waals surface area contributed by atoms with E-state index in [9.17, 15) is 0 Å². The first kappa shape index (κ1) is 19.8. The van der Waals surface area contributed by atoms with Crippen molar-refractivity contribution in [3.63, 3.8) is 0 Å². The Hall–Kier alpha value is -5.20. The molecule has 0 saturated heterocycles. The highest BCUT2D eigenvalue weighted by Crippen LogP contribution is 2.37. The molecule has 0 aliphatic heterocycles. The Kier molecular flexibility index (Phi) is 3.22. The molecule has 180 valence electrons. The fourth-order valence-electron chi connectivity index (χ4n) is 7.52. The fraction of sp³-hybridized carbons (Fsp3) is 0. The summed E-state index contributed by atoms with van der Waals surface area (Å²) >= 11 is 0. The van der Waals surface area contributed by atoms with Crippen molar-refractivity contribution in [1.82, 2.24) is 0 Å². The van der Waals surface area contributed by atoms with Gasteiger partial charge < -0.3 is 0 Å². The predicted molar refractivity (Wildman–Crippen MR) is 175 cm³/mol. The summed E-state index contributed by atoms with van der Waals surface area (Å²) < 4.78 is 0. The average Bonchev–Trinajstić information content (AvgIpc) is 2.94. The molecular weight excluding hydrogens is 480 g/mol. The second kappa shape index (κ2) is 6.50. The van der Waals surface area contributed by atoms with Crippen molar-refractivity contribution in [2.75, 3.05) is 0 Å². The number of benzene rings is 10. The molecule has 0 aromatic heterocycles. The van der Waals surface area contributed by atoms with Gasteiger partial charge in [0.15, 0.2) is 0 Å². The lowest BCUT2D eigenvalue weighted by atomic mass is 9.92. The van der Waals surface area contributed by atoms with E-state index in [1.165, 1.54) is 108 Å². The van der Waals surface area contributed by atoms with E-state index in [0.29, 0.717) is 0 Å². The lowest BCUT2D eigenvalue weighted by Crippen LogP contribution is -1.85. The number of fused-ring (bicyclic) bond motifs is 10. The Bertz CT molecular complexity index is 1890. The van der Waals surface area contributed by atoms with Gasteiger partial charge >= 0.3 is 0 Å². The molecule has 0 atom stereocenters. The van der Waals surface area contributed by atoms with Gasteiger partial charge in [0.1, 0.15) is 0 Å². The van der Waals surface area contributed by atoms with E-state index < -0.39 is 0 Å². The largest absolute Gasteiger partial charge is 0.0465 e. The standard InChI is InChI=1S/C40H20/c1-21-2-25-7-29-11-33-15-37-19-38-16-34-12-30-8-26-3-22(1)24-4-23(21)5-27(25)9-31(29)13-35(33)17-39(37)20-40(38)18-36(34)14-32(30)10-28(26)6-24/h1-20H. The first-order valence-corrected chi connectivity index (χ1v) is 14.0. The van der Waals surface area contributed by atoms with Gasteiger partial charge in [-0.1, -0.05) is 0 Å². The van der Waals surface area contributed by atoms with Crippen molar-refractivity contribution in [1.29, 1.82) is 0 Å². The quantitative estimate of drug-likeness (QED) is 0.182. The van der Waals surface area contributed by atoms with Gasteiger partial charge in [-0.25, -0.2) is 0 Å². The van der Waals surface area contributed by atoms with E-state index in [0.717, 1.165) is 0 Å². The molecule has 0 spiro atoms. The smallest absolute Gasteiger partial charge is 0.0171 e. The number of rotatable bonds is 0. The Morgan fingerprint density at radius 1 is 0.100 bits per heavy atom. The van der Waals surface area contributed by atoms with Gasteiger partial charge in [0.05, 0.1) is 0 Å². The molecule has 0 unspecified atom stereocenters. The molecule has 0 N–H and O–H groups in total. The van der Waals surface area contributed by atoms with Crippen LogP contribution in [0.2, 0.25) is 0 Å². The topological polar surface area (TPSA) is 0 Å². The van der Waals surface area contributed by atoms with Crippen LogP contribution in [0.15, 0.2) is 121 Å². The highest BCUT2D eigenvalue weighted by molar-refractivity contribution is 6.16. The third kappa shape index (κ3) is 2.52. The van der Waals surface area contributed by atoms with E-state index in [4.69, 9.17) is 0 Å². The van der Waals surface area contributed by atoms with Crippen molar-refractivity contribution < 1.29 is 0 Å². The van der Waals surface area contributed by atoms with Crippen LogP contribution in [0.3, 0.4) is 0 Å². The molecular formula is C40H20. The van der Waals surface area contributed by atoms with Crippen LogP contribution in [0.1, 0.15) is 0 Å². The van der Waals surface area contributed by atoms with Gasteiger partial charge in [0.2, 0.25) is 0 Å². The van der Waals surface area contributed by atoms with E-state index in [2.05, 4.69) is 121 Å². The summed E-state index contributed by atoms with van der Waals surface area (Å²) in [5.41, 5.74) is 0. The lowest BCUT2D eigenvalue weighted by molar-refractivity contribution is 1.81. The Balaban J connectivity index is 1.42. The van der Waals surface area contributed by atoms with Gasteiger partial charge in [-0.2, -0.15) is 0 Å². The summed E-state index contributed by atoms with van der Waals surface area (Å²) in [6.45, 7) is 0. The maximum atomic E-state index is 2.37. The van der Waals surface area contributed by atoms with E-state index in [1.54, 1.807) is 0 Å². The zero-order valence-electron chi connectivity index (χ0n) is 21.5. The molecule has 0 heterocycles. The van der Waals surface area contributed by atoms with Gasteiger partial charge in [0.25, 0.3) is 0 Å². The minimum atomic E-state index is 1.29. The van der Waals surface area contributed by atoms with E-state index in [1.807, 2.05) is 0 Å². The van der Waals surface area contributed by atoms with Crippen LogP contribution in [-0.4, -0.2) is 0 Å². The molecule has 10 aromatic carbocycles. The van der Waals surface area contributed by atoms with Gasteiger partial charge in [0, 0.05) is 0 Å². The number of hydrogen-bond acceptors (Lipinski definition) is 0. The van der Waals surface area contributed by atoms with Crippen LogP contribution >= 0.6 is 0 Å². The van der Waals surface area contributed by atoms with Gasteiger partial charge in [-0.15, -0.1) is 0 Å². The minimum Gasteiger partial charge on any atom is -0.0465 e. The molecule has 0 aliphatic rings. The Morgan fingerprint density at radius 3 is 0.200 bits per heavy atom. The molecule has 0 fully saturated rings. The van der Waals surface area contributed by atoms with Crippen LogP contribution in [0.5, 0.6) is 0 Å². The third-order valence-corrected chi connectivity index (χ3v) is 9.55. The van der Waals surface area contributed by atoms with Crippen molar-refractivity contribution in [2.45, 2.75) is 0 Å². The first-order valence-electron chi connectivity index (χ1n) is 14.0. The summed E-state index contributed by atoms with van der Waals surface area (Å²) in [6.07, 6.45) is 0. The van der Waals surface area contributed by atoms with Crippen LogP contribution < -0.4 is 0 Å². The molecule has 0 nitrogen and oxygen atoms in total. The van der Waals surface area contributed by atoms with Gasteiger partial charge in [-0.3, -0.25) is 0 Å². The van der Waals surface area contributed by atoms with E-state index in [-0.39, 0.29) is 0 Å². The van der Waals surface area contributed by atoms with E-state index >= 15 is 0 Å². The molecule has 10 rings (SSSR count). The molecule has 40 heavy (non-hydrogen) atoms. The first-order chi connectivity index (χ1) is 19.7. The maximum Gasteiger partial charge on any atom is -0.0171 e. The Labute approximate surface area is 228 Å². The summed E-state index contributed by atoms with van der Waals surface area (Å²) in [7, 11) is 0. The summed E-state index contributed by atoms with van der Waals surface area (Å²) in [4.78, 5) is 0. The molecule has 10 aromatic rings.